The van der Waals surface area contributed by atoms with Gasteiger partial charge in [-0.25, -0.2) is 0 Å². The molecule has 2 aromatic heterocycles. The zero-order valence-corrected chi connectivity index (χ0v) is 19.9. The predicted molar refractivity (Wildman–Crippen MR) is 130 cm³/mol. The number of amides is 2. The van der Waals surface area contributed by atoms with Gasteiger partial charge in [0.2, 0.25) is 5.91 Å². The second kappa shape index (κ2) is 9.91. The zero-order chi connectivity index (χ0) is 25.2. The SMILES string of the molecule is COc1c(Nc2cc(NC(=O)C3CC3)nnc2C(N)=O)cccc1-c1cnn(C2COC[C@H]2OC)c1. The number of rotatable bonds is 9. The van der Waals surface area contributed by atoms with Crippen molar-refractivity contribution in [1.82, 2.24) is 20.0 Å². The summed E-state index contributed by atoms with van der Waals surface area (Å²) in [5.41, 5.74) is 7.93. The number of aromatic nitrogens is 4. The van der Waals surface area contributed by atoms with Crippen molar-refractivity contribution in [2.45, 2.75) is 25.0 Å². The number of hydrogen-bond donors (Lipinski definition) is 3. The molecule has 0 spiro atoms. The lowest BCUT2D eigenvalue weighted by atomic mass is 10.1. The van der Waals surface area contributed by atoms with Crippen LogP contribution < -0.4 is 21.1 Å². The van der Waals surface area contributed by atoms with Gasteiger partial charge in [0.05, 0.1) is 37.9 Å². The lowest BCUT2D eigenvalue weighted by molar-refractivity contribution is -0.117. The number of carbonyl (C=O) groups excluding carboxylic acids is 2. The molecule has 2 atom stereocenters. The molecule has 4 N–H and O–H groups in total. The van der Waals surface area contributed by atoms with E-state index in [9.17, 15) is 9.59 Å². The normalized spacial score (nSPS) is 19.2. The summed E-state index contributed by atoms with van der Waals surface area (Å²) in [6.07, 6.45) is 5.30. The van der Waals surface area contributed by atoms with Crippen LogP contribution in [0.3, 0.4) is 0 Å². The Kier molecular flexibility index (Phi) is 6.53. The Hall–Kier alpha value is -4.03. The number of nitrogens with two attached hydrogens (primary N) is 1. The fraction of sp³-hybridized carbons (Fsp3) is 0.375. The number of methoxy groups -OCH3 is 2. The minimum atomic E-state index is -0.757. The second-order valence-electron chi connectivity index (χ2n) is 8.72. The summed E-state index contributed by atoms with van der Waals surface area (Å²) in [7, 11) is 3.22. The molecule has 36 heavy (non-hydrogen) atoms. The van der Waals surface area contributed by atoms with Crippen LogP contribution in [0.1, 0.15) is 29.4 Å². The third kappa shape index (κ3) is 4.72. The first kappa shape index (κ1) is 23.7. The number of para-hydroxylation sites is 1. The molecule has 3 heterocycles. The van der Waals surface area contributed by atoms with Crippen LogP contribution in [0.5, 0.6) is 5.75 Å². The number of nitrogens with zero attached hydrogens (tertiary/aromatic N) is 4. The van der Waals surface area contributed by atoms with Gasteiger partial charge in [0, 0.05) is 36.4 Å². The van der Waals surface area contributed by atoms with Gasteiger partial charge in [0.1, 0.15) is 17.9 Å². The highest BCUT2D eigenvalue weighted by molar-refractivity contribution is 5.99. The van der Waals surface area contributed by atoms with Crippen molar-refractivity contribution in [2.24, 2.45) is 11.7 Å². The maximum atomic E-state index is 12.2. The first-order valence-corrected chi connectivity index (χ1v) is 11.6. The Bertz CT molecular complexity index is 1290. The van der Waals surface area contributed by atoms with E-state index in [2.05, 4.69) is 25.9 Å². The number of nitrogens with one attached hydrogen (secondary N) is 2. The van der Waals surface area contributed by atoms with Gasteiger partial charge in [-0.05, 0) is 18.9 Å². The number of primary amides is 1. The fourth-order valence-electron chi connectivity index (χ4n) is 4.19. The predicted octanol–water partition coefficient (Wildman–Crippen LogP) is 2.13. The molecule has 1 aliphatic heterocycles. The number of benzene rings is 1. The van der Waals surface area contributed by atoms with Crippen molar-refractivity contribution in [3.05, 3.63) is 42.4 Å². The third-order valence-electron chi connectivity index (χ3n) is 6.27. The number of ether oxygens (including phenoxy) is 3. The van der Waals surface area contributed by atoms with Crippen molar-refractivity contribution < 1.29 is 23.8 Å². The standard InChI is InChI=1S/C24H27N7O5/c1-34-19-12-36-11-18(19)31-10-14(9-26-31)15-4-3-5-16(22(15)35-2)27-17-8-20(28-24(33)13-6-7-13)29-30-21(17)23(25)32/h3-5,8-10,13,18-19H,6-7,11-12H2,1-2H3,(H2,25,32)(H2,27,28,29,33)/t18?,19-/m1/s1. The van der Waals surface area contributed by atoms with Crippen LogP contribution in [0.4, 0.5) is 17.2 Å². The Morgan fingerprint density at radius 2 is 2.00 bits per heavy atom. The molecule has 12 heteroatoms. The van der Waals surface area contributed by atoms with E-state index in [-0.39, 0.29) is 35.5 Å². The van der Waals surface area contributed by atoms with Crippen molar-refractivity contribution in [3.8, 4) is 16.9 Å². The van der Waals surface area contributed by atoms with Crippen LogP contribution in [0, 0.1) is 5.92 Å². The largest absolute Gasteiger partial charge is 0.494 e. The van der Waals surface area contributed by atoms with Gasteiger partial charge in [-0.1, -0.05) is 12.1 Å². The first-order chi connectivity index (χ1) is 17.5. The van der Waals surface area contributed by atoms with Crippen molar-refractivity contribution in [1.29, 1.82) is 0 Å². The van der Waals surface area contributed by atoms with E-state index in [1.165, 1.54) is 6.07 Å². The smallest absolute Gasteiger partial charge is 0.271 e. The third-order valence-corrected chi connectivity index (χ3v) is 6.27. The lowest BCUT2D eigenvalue weighted by Gasteiger charge is -2.17. The van der Waals surface area contributed by atoms with Crippen LogP contribution >= 0.6 is 0 Å². The van der Waals surface area contributed by atoms with Gasteiger partial charge < -0.3 is 30.6 Å². The number of carbonyl (C=O) groups is 2. The molecule has 0 bridgehead atoms. The summed E-state index contributed by atoms with van der Waals surface area (Å²) in [5, 5.41) is 18.3. The van der Waals surface area contributed by atoms with Gasteiger partial charge in [0.25, 0.3) is 5.91 Å². The summed E-state index contributed by atoms with van der Waals surface area (Å²) in [6, 6.07) is 7.06. The Morgan fingerprint density at radius 3 is 2.72 bits per heavy atom. The van der Waals surface area contributed by atoms with Crippen molar-refractivity contribution >= 4 is 29.0 Å². The average Bonchev–Trinajstić information content (AvgIpc) is 3.42. The van der Waals surface area contributed by atoms with Crippen LogP contribution in [-0.4, -0.2) is 65.3 Å². The maximum Gasteiger partial charge on any atom is 0.271 e. The second-order valence-corrected chi connectivity index (χ2v) is 8.72. The summed E-state index contributed by atoms with van der Waals surface area (Å²) in [6.45, 7) is 1.03. The molecule has 2 aliphatic rings. The van der Waals surface area contributed by atoms with E-state index in [1.54, 1.807) is 26.5 Å². The average molecular weight is 494 g/mol. The van der Waals surface area contributed by atoms with E-state index < -0.39 is 5.91 Å². The molecule has 1 saturated heterocycles. The number of anilines is 3. The van der Waals surface area contributed by atoms with Gasteiger partial charge >= 0.3 is 0 Å². The molecule has 188 valence electrons. The van der Waals surface area contributed by atoms with Crippen LogP contribution in [0.25, 0.3) is 11.1 Å². The summed E-state index contributed by atoms with van der Waals surface area (Å²) in [5.74, 6) is -0.136. The van der Waals surface area contributed by atoms with Crippen molar-refractivity contribution in [3.63, 3.8) is 0 Å². The summed E-state index contributed by atoms with van der Waals surface area (Å²) in [4.78, 5) is 24.2. The lowest BCUT2D eigenvalue weighted by Crippen LogP contribution is -2.24. The number of hydrogen-bond acceptors (Lipinski definition) is 9. The fourth-order valence-corrected chi connectivity index (χ4v) is 4.19. The Balaban J connectivity index is 1.45. The molecule has 2 fully saturated rings. The van der Waals surface area contributed by atoms with Crippen LogP contribution in [0.2, 0.25) is 0 Å². The Labute approximate surface area is 207 Å². The van der Waals surface area contributed by atoms with Crippen LogP contribution in [0.15, 0.2) is 36.7 Å². The minimum absolute atomic E-state index is 0.00770. The van der Waals surface area contributed by atoms with E-state index in [0.717, 1.165) is 24.0 Å². The first-order valence-electron chi connectivity index (χ1n) is 11.6. The monoisotopic (exact) mass is 493 g/mol. The molecular formula is C24H27N7O5. The maximum absolute atomic E-state index is 12.2. The quantitative estimate of drug-likeness (QED) is 0.406. The summed E-state index contributed by atoms with van der Waals surface area (Å²) >= 11 is 0. The minimum Gasteiger partial charge on any atom is -0.494 e. The van der Waals surface area contributed by atoms with E-state index in [1.807, 2.05) is 23.0 Å². The van der Waals surface area contributed by atoms with E-state index in [4.69, 9.17) is 19.9 Å². The topological polar surface area (TPSA) is 156 Å². The van der Waals surface area contributed by atoms with Gasteiger partial charge in [-0.3, -0.25) is 14.3 Å². The van der Waals surface area contributed by atoms with E-state index in [0.29, 0.717) is 30.3 Å². The highest BCUT2D eigenvalue weighted by Crippen LogP contribution is 2.39. The molecule has 1 aliphatic carbocycles. The van der Waals surface area contributed by atoms with Crippen LogP contribution in [-0.2, 0) is 14.3 Å². The molecule has 12 nitrogen and oxygen atoms in total. The Morgan fingerprint density at radius 1 is 1.17 bits per heavy atom. The van der Waals surface area contributed by atoms with Crippen molar-refractivity contribution in [2.75, 3.05) is 38.1 Å². The molecule has 3 aromatic rings. The molecular weight excluding hydrogens is 466 g/mol. The highest BCUT2D eigenvalue weighted by atomic mass is 16.5. The molecule has 2 amide bonds. The molecule has 1 aromatic carbocycles. The van der Waals surface area contributed by atoms with Gasteiger partial charge in [-0.15, -0.1) is 10.2 Å². The zero-order valence-electron chi connectivity index (χ0n) is 19.9. The highest BCUT2D eigenvalue weighted by Gasteiger charge is 2.31. The van der Waals surface area contributed by atoms with Gasteiger partial charge in [0.15, 0.2) is 11.5 Å². The molecule has 1 saturated carbocycles. The van der Waals surface area contributed by atoms with E-state index >= 15 is 0 Å². The molecule has 5 rings (SSSR count). The summed E-state index contributed by atoms with van der Waals surface area (Å²) < 4.78 is 18.6. The molecule has 1 unspecified atom stereocenters. The molecule has 0 radical (unpaired) electrons. The van der Waals surface area contributed by atoms with Gasteiger partial charge in [-0.2, -0.15) is 5.10 Å².